The first-order chi connectivity index (χ1) is 6.75. The highest BCUT2D eigenvalue weighted by Crippen LogP contribution is 2.12. The van der Waals surface area contributed by atoms with Crippen LogP contribution in [0.4, 0.5) is 5.95 Å². The molecule has 0 aliphatic carbocycles. The molecule has 1 N–H and O–H groups in total. The van der Waals surface area contributed by atoms with E-state index in [4.69, 9.17) is 0 Å². The van der Waals surface area contributed by atoms with Gasteiger partial charge in [0.25, 0.3) is 0 Å². The first-order valence-electron chi connectivity index (χ1n) is 4.77. The van der Waals surface area contributed by atoms with E-state index in [1.54, 1.807) is 0 Å². The van der Waals surface area contributed by atoms with Crippen LogP contribution in [-0.4, -0.2) is 53.3 Å². The first-order valence-corrected chi connectivity index (χ1v) is 5.56. The second-order valence-electron chi connectivity index (χ2n) is 3.57. The minimum absolute atomic E-state index is 0. The van der Waals surface area contributed by atoms with Crippen molar-refractivity contribution >= 4 is 55.8 Å². The van der Waals surface area contributed by atoms with Crippen LogP contribution in [0.3, 0.4) is 0 Å². The largest absolute Gasteiger partial charge is 0.338 e. The Morgan fingerprint density at radius 1 is 1.19 bits per heavy atom. The monoisotopic (exact) mass is 419 g/mol. The molecule has 1 fully saturated rings. The zero-order valence-electron chi connectivity index (χ0n) is 9.02. The van der Waals surface area contributed by atoms with E-state index in [-0.39, 0.29) is 34.0 Å². The smallest absolute Gasteiger partial charge is 0.245 e. The van der Waals surface area contributed by atoms with Crippen LogP contribution in [0.25, 0.3) is 0 Å². The Hall–Kier alpha value is 0.340. The number of likely N-dealkylation sites (N-methyl/N-ethyl adjacent to an activating group) is 1. The molecule has 2 heterocycles. The van der Waals surface area contributed by atoms with Crippen LogP contribution in [0.1, 0.15) is 6.42 Å². The van der Waals surface area contributed by atoms with Gasteiger partial charge >= 0.3 is 0 Å². The lowest BCUT2D eigenvalue weighted by Gasteiger charge is -2.17. The summed E-state index contributed by atoms with van der Waals surface area (Å²) in [7, 11) is 2.15. The first kappa shape index (κ1) is 16.3. The third-order valence-electron chi connectivity index (χ3n) is 2.45. The Morgan fingerprint density at radius 2 is 1.94 bits per heavy atom. The molecule has 1 aliphatic rings. The van der Waals surface area contributed by atoms with Crippen molar-refractivity contribution in [2.24, 2.45) is 0 Å². The highest BCUT2D eigenvalue weighted by Gasteiger charge is 2.15. The third kappa shape index (κ3) is 4.31. The average Bonchev–Trinajstić information content (AvgIpc) is 2.46. The van der Waals surface area contributed by atoms with Crippen LogP contribution in [0.15, 0.2) is 4.73 Å². The lowest BCUT2D eigenvalue weighted by atomic mass is 10.4. The standard InChI is InChI=1S/C8H14BrN5.2BrH/c1-13-3-2-4-14(6-5-13)8-10-7(9)11-12-8;;/h2-6H2,1H3,(H,10,11,12);2*1H. The summed E-state index contributed by atoms with van der Waals surface area (Å²) in [5, 5.41) is 6.93. The zero-order chi connectivity index (χ0) is 9.97. The molecule has 2 rings (SSSR count). The van der Waals surface area contributed by atoms with Gasteiger partial charge in [0.2, 0.25) is 5.95 Å². The van der Waals surface area contributed by atoms with E-state index in [1.165, 1.54) is 6.42 Å². The molecule has 1 aromatic rings. The number of hydrogen-bond acceptors (Lipinski definition) is 4. The molecule has 0 bridgehead atoms. The van der Waals surface area contributed by atoms with E-state index in [0.29, 0.717) is 4.73 Å². The molecule has 0 radical (unpaired) electrons. The fraction of sp³-hybridized carbons (Fsp3) is 0.750. The van der Waals surface area contributed by atoms with E-state index in [2.05, 4.69) is 48.0 Å². The van der Waals surface area contributed by atoms with Gasteiger partial charge in [-0.25, -0.2) is 0 Å². The number of aromatic amines is 1. The molecule has 16 heavy (non-hydrogen) atoms. The average molecular weight is 422 g/mol. The summed E-state index contributed by atoms with van der Waals surface area (Å²) in [4.78, 5) is 8.81. The Morgan fingerprint density at radius 3 is 2.56 bits per heavy atom. The van der Waals surface area contributed by atoms with E-state index in [1.807, 2.05) is 0 Å². The van der Waals surface area contributed by atoms with Gasteiger partial charge in [-0.1, -0.05) is 0 Å². The van der Waals surface area contributed by atoms with Crippen molar-refractivity contribution in [1.82, 2.24) is 20.1 Å². The van der Waals surface area contributed by atoms with Gasteiger partial charge in [0.15, 0.2) is 4.73 Å². The molecule has 8 heteroatoms. The second kappa shape index (κ2) is 7.62. The quantitative estimate of drug-likeness (QED) is 0.752. The van der Waals surface area contributed by atoms with E-state index in [9.17, 15) is 0 Å². The van der Waals surface area contributed by atoms with Crippen LogP contribution >= 0.6 is 49.9 Å². The van der Waals surface area contributed by atoms with Gasteiger partial charge < -0.3 is 9.80 Å². The van der Waals surface area contributed by atoms with Crippen LogP contribution in [-0.2, 0) is 0 Å². The molecule has 5 nitrogen and oxygen atoms in total. The Labute approximate surface area is 125 Å². The van der Waals surface area contributed by atoms with Crippen molar-refractivity contribution in [3.63, 3.8) is 0 Å². The predicted octanol–water partition coefficient (Wildman–Crippen LogP) is 1.86. The van der Waals surface area contributed by atoms with Crippen LogP contribution < -0.4 is 4.90 Å². The normalized spacial score (nSPS) is 17.2. The molecule has 1 aliphatic heterocycles. The Balaban J connectivity index is 0.00000112. The Bertz CT molecular complexity index is 306. The second-order valence-corrected chi connectivity index (χ2v) is 4.32. The SMILES string of the molecule is Br.Br.CN1CCCN(c2n[nH]c(Br)n2)CC1. The fourth-order valence-electron chi connectivity index (χ4n) is 1.62. The maximum Gasteiger partial charge on any atom is 0.245 e. The Kier molecular flexibility index (Phi) is 7.79. The molecule has 0 aromatic carbocycles. The lowest BCUT2D eigenvalue weighted by Crippen LogP contribution is -2.29. The predicted molar refractivity (Wildman–Crippen MR) is 79.1 cm³/mol. The lowest BCUT2D eigenvalue weighted by molar-refractivity contribution is 0.360. The summed E-state index contributed by atoms with van der Waals surface area (Å²) in [6.45, 7) is 4.27. The number of halogens is 3. The summed E-state index contributed by atoms with van der Waals surface area (Å²) >= 11 is 3.26. The van der Waals surface area contributed by atoms with Crippen LogP contribution in [0.5, 0.6) is 0 Å². The third-order valence-corrected chi connectivity index (χ3v) is 2.80. The van der Waals surface area contributed by atoms with Crippen molar-refractivity contribution in [3.8, 4) is 0 Å². The van der Waals surface area contributed by atoms with E-state index >= 15 is 0 Å². The van der Waals surface area contributed by atoms with Crippen molar-refractivity contribution in [3.05, 3.63) is 4.73 Å². The molecule has 0 spiro atoms. The molecule has 94 valence electrons. The zero-order valence-corrected chi connectivity index (χ0v) is 14.0. The molecule has 0 saturated carbocycles. The van der Waals surface area contributed by atoms with Gasteiger partial charge in [-0.15, -0.1) is 39.1 Å². The maximum absolute atomic E-state index is 4.26. The van der Waals surface area contributed by atoms with Crippen molar-refractivity contribution in [2.75, 3.05) is 38.1 Å². The van der Waals surface area contributed by atoms with Gasteiger partial charge in [0.1, 0.15) is 0 Å². The minimum atomic E-state index is 0. The maximum atomic E-state index is 4.26. The van der Waals surface area contributed by atoms with Gasteiger partial charge in [-0.05, 0) is 35.9 Å². The van der Waals surface area contributed by atoms with Crippen molar-refractivity contribution in [1.29, 1.82) is 0 Å². The number of nitrogens with one attached hydrogen (secondary N) is 1. The fourth-order valence-corrected chi connectivity index (χ4v) is 1.87. The summed E-state index contributed by atoms with van der Waals surface area (Å²) in [6, 6.07) is 0. The number of H-pyrrole nitrogens is 1. The minimum Gasteiger partial charge on any atom is -0.338 e. The van der Waals surface area contributed by atoms with Crippen molar-refractivity contribution < 1.29 is 0 Å². The van der Waals surface area contributed by atoms with Gasteiger partial charge in [-0.2, -0.15) is 4.98 Å². The summed E-state index contributed by atoms with van der Waals surface area (Å²) in [5.74, 6) is 0.798. The van der Waals surface area contributed by atoms with Crippen molar-refractivity contribution in [2.45, 2.75) is 6.42 Å². The topological polar surface area (TPSA) is 48.0 Å². The molecule has 1 saturated heterocycles. The van der Waals surface area contributed by atoms with Gasteiger partial charge in [0.05, 0.1) is 0 Å². The van der Waals surface area contributed by atoms with Gasteiger partial charge in [-0.3, -0.25) is 5.10 Å². The molecular formula is C8H16Br3N5. The number of hydrogen-bond donors (Lipinski definition) is 1. The van der Waals surface area contributed by atoms with E-state index < -0.39 is 0 Å². The highest BCUT2D eigenvalue weighted by molar-refractivity contribution is 9.10. The number of anilines is 1. The molecule has 0 unspecified atom stereocenters. The molecular weight excluding hydrogens is 406 g/mol. The summed E-state index contributed by atoms with van der Waals surface area (Å²) in [6.07, 6.45) is 1.17. The number of aromatic nitrogens is 3. The highest BCUT2D eigenvalue weighted by atomic mass is 79.9. The van der Waals surface area contributed by atoms with Crippen LogP contribution in [0.2, 0.25) is 0 Å². The van der Waals surface area contributed by atoms with Gasteiger partial charge in [0, 0.05) is 19.6 Å². The number of nitrogens with zero attached hydrogens (tertiary/aromatic N) is 4. The molecule has 0 amide bonds. The summed E-state index contributed by atoms with van der Waals surface area (Å²) < 4.78 is 0.699. The van der Waals surface area contributed by atoms with Crippen LogP contribution in [0, 0.1) is 0 Å². The summed E-state index contributed by atoms with van der Waals surface area (Å²) in [5.41, 5.74) is 0. The molecule has 0 atom stereocenters. The molecule has 1 aromatic heterocycles. The van der Waals surface area contributed by atoms with E-state index in [0.717, 1.165) is 32.1 Å². The number of rotatable bonds is 1.